The Kier molecular flexibility index (Phi) is 5.84. The van der Waals surface area contributed by atoms with E-state index in [0.717, 1.165) is 0 Å². The van der Waals surface area contributed by atoms with E-state index in [9.17, 15) is 4.79 Å². The fourth-order valence-corrected chi connectivity index (χ4v) is 2.04. The smallest absolute Gasteiger partial charge is 0.384 e. The Balaban J connectivity index is 3.71. The van der Waals surface area contributed by atoms with E-state index in [1.807, 2.05) is 6.92 Å². The molecule has 0 aliphatic carbocycles. The lowest BCUT2D eigenvalue weighted by Crippen LogP contribution is -2.23. The summed E-state index contributed by atoms with van der Waals surface area (Å²) in [4.78, 5) is 10.7. The Morgan fingerprint density at radius 2 is 2.00 bits per heavy atom. The van der Waals surface area contributed by atoms with Crippen molar-refractivity contribution >= 4 is 27.0 Å². The molecule has 0 fully saturated rings. The average molecular weight is 193 g/mol. The van der Waals surface area contributed by atoms with E-state index in [1.54, 1.807) is 14.2 Å². The van der Waals surface area contributed by atoms with Gasteiger partial charge in [-0.3, -0.25) is 4.79 Å². The summed E-state index contributed by atoms with van der Waals surface area (Å²) in [5, 5.41) is -0.110. The summed E-state index contributed by atoms with van der Waals surface area (Å²) in [5.41, 5.74) is 0. The fraction of sp³-hybridized carbons (Fsp3) is 0.833. The number of thiol groups is 1. The zero-order chi connectivity index (χ0) is 8.85. The van der Waals surface area contributed by atoms with Crippen LogP contribution >= 0.6 is 12.6 Å². The van der Waals surface area contributed by atoms with Gasteiger partial charge in [-0.2, -0.15) is 0 Å². The molecule has 1 unspecified atom stereocenters. The van der Waals surface area contributed by atoms with Crippen molar-refractivity contribution in [3.8, 4) is 0 Å². The topological polar surface area (TPSA) is 35.5 Å². The van der Waals surface area contributed by atoms with Gasteiger partial charge in [-0.25, -0.2) is 0 Å². The summed E-state index contributed by atoms with van der Waals surface area (Å²) in [6.45, 7) is 1.82. The molecule has 0 aromatic rings. The van der Waals surface area contributed by atoms with E-state index >= 15 is 0 Å². The van der Waals surface area contributed by atoms with Crippen LogP contribution in [0.3, 0.4) is 0 Å². The standard InChI is InChI=1S/C6H13O3SSi/c1-5(6(7)10)4-11(8-2)9-3/h5H,4H2,1-3H3,(H,7,10). The molecule has 0 bridgehead atoms. The maximum atomic E-state index is 10.7. The third-order valence-electron chi connectivity index (χ3n) is 1.35. The monoisotopic (exact) mass is 193 g/mol. The lowest BCUT2D eigenvalue weighted by Gasteiger charge is -2.11. The second-order valence-corrected chi connectivity index (χ2v) is 4.63. The molecule has 1 atom stereocenters. The SMILES string of the molecule is CO[Si](CC(C)C(=O)S)OC. The van der Waals surface area contributed by atoms with Gasteiger partial charge in [-0.05, 0) is 0 Å². The van der Waals surface area contributed by atoms with Crippen molar-refractivity contribution in [2.24, 2.45) is 5.92 Å². The highest BCUT2D eigenvalue weighted by Gasteiger charge is 2.19. The first-order valence-electron chi connectivity index (χ1n) is 3.28. The first-order chi connectivity index (χ1) is 5.11. The number of rotatable bonds is 5. The molecular weight excluding hydrogens is 180 g/mol. The van der Waals surface area contributed by atoms with E-state index in [-0.39, 0.29) is 11.0 Å². The minimum Gasteiger partial charge on any atom is -0.397 e. The van der Waals surface area contributed by atoms with Gasteiger partial charge in [0.05, 0.1) is 0 Å². The van der Waals surface area contributed by atoms with Crippen LogP contribution in [0.1, 0.15) is 6.92 Å². The van der Waals surface area contributed by atoms with Gasteiger partial charge in [0.15, 0.2) is 5.12 Å². The molecule has 65 valence electrons. The second kappa shape index (κ2) is 5.76. The first kappa shape index (κ1) is 11.2. The van der Waals surface area contributed by atoms with Crippen molar-refractivity contribution in [1.82, 2.24) is 0 Å². The van der Waals surface area contributed by atoms with Gasteiger partial charge >= 0.3 is 9.28 Å². The predicted molar refractivity (Wildman–Crippen MR) is 47.7 cm³/mol. The highest BCUT2D eigenvalue weighted by atomic mass is 32.1. The third kappa shape index (κ3) is 4.57. The van der Waals surface area contributed by atoms with Gasteiger partial charge in [0.25, 0.3) is 0 Å². The number of hydrogen-bond donors (Lipinski definition) is 1. The summed E-state index contributed by atoms with van der Waals surface area (Å²) >= 11 is 3.71. The quantitative estimate of drug-likeness (QED) is 0.519. The third-order valence-corrected chi connectivity index (χ3v) is 3.65. The van der Waals surface area contributed by atoms with Crippen molar-refractivity contribution in [2.45, 2.75) is 13.0 Å². The molecule has 0 rings (SSSR count). The molecule has 0 saturated carbocycles. The van der Waals surface area contributed by atoms with Crippen LogP contribution in [0.25, 0.3) is 0 Å². The van der Waals surface area contributed by atoms with Crippen LogP contribution in [-0.4, -0.2) is 28.6 Å². The van der Waals surface area contributed by atoms with E-state index < -0.39 is 9.28 Å². The molecule has 0 N–H and O–H groups in total. The largest absolute Gasteiger partial charge is 0.397 e. The Hall–Kier alpha value is 0.157. The van der Waals surface area contributed by atoms with E-state index in [0.29, 0.717) is 6.04 Å². The molecule has 0 aromatic carbocycles. The lowest BCUT2D eigenvalue weighted by atomic mass is 10.2. The van der Waals surface area contributed by atoms with Crippen molar-refractivity contribution in [3.63, 3.8) is 0 Å². The maximum absolute atomic E-state index is 10.7. The van der Waals surface area contributed by atoms with Gasteiger partial charge in [0, 0.05) is 26.2 Å². The summed E-state index contributed by atoms with van der Waals surface area (Å²) in [7, 11) is 1.94. The zero-order valence-electron chi connectivity index (χ0n) is 6.96. The summed E-state index contributed by atoms with van der Waals surface area (Å²) < 4.78 is 10.0. The Bertz CT molecular complexity index is 127. The highest BCUT2D eigenvalue weighted by molar-refractivity contribution is 7.96. The van der Waals surface area contributed by atoms with Crippen LogP contribution in [0.5, 0.6) is 0 Å². The Labute approximate surface area is 74.3 Å². The first-order valence-corrected chi connectivity index (χ1v) is 5.25. The van der Waals surface area contributed by atoms with Crippen LogP contribution in [0.4, 0.5) is 0 Å². The molecule has 0 aromatic heterocycles. The maximum Gasteiger partial charge on any atom is 0.384 e. The molecule has 1 radical (unpaired) electrons. The average Bonchev–Trinajstić information content (AvgIpc) is 1.99. The Morgan fingerprint density at radius 3 is 2.27 bits per heavy atom. The van der Waals surface area contributed by atoms with E-state index in [1.165, 1.54) is 0 Å². The molecule has 0 heterocycles. The molecule has 5 heteroatoms. The molecule has 0 saturated heterocycles. The van der Waals surface area contributed by atoms with Crippen LogP contribution in [-0.2, 0) is 13.6 Å². The minimum atomic E-state index is -1.24. The highest BCUT2D eigenvalue weighted by Crippen LogP contribution is 2.10. The van der Waals surface area contributed by atoms with Crippen LogP contribution in [0.15, 0.2) is 0 Å². The van der Waals surface area contributed by atoms with Gasteiger partial charge in [-0.1, -0.05) is 6.92 Å². The van der Waals surface area contributed by atoms with Gasteiger partial charge in [0.2, 0.25) is 0 Å². The number of carbonyl (C=O) groups excluding carboxylic acids is 1. The summed E-state index contributed by atoms with van der Waals surface area (Å²) in [6, 6.07) is 0.653. The number of hydrogen-bond acceptors (Lipinski definition) is 3. The fourth-order valence-electron chi connectivity index (χ4n) is 0.587. The van der Waals surface area contributed by atoms with E-state index in [4.69, 9.17) is 8.85 Å². The molecular formula is C6H13O3SSi. The molecule has 0 aliphatic rings. The normalized spacial score (nSPS) is 13.5. The molecule has 0 aliphatic heterocycles. The Morgan fingerprint density at radius 1 is 1.55 bits per heavy atom. The van der Waals surface area contributed by atoms with Gasteiger partial charge in [0.1, 0.15) is 0 Å². The van der Waals surface area contributed by atoms with Crippen LogP contribution in [0.2, 0.25) is 6.04 Å². The summed E-state index contributed by atoms with van der Waals surface area (Å²) in [6.07, 6.45) is 0. The zero-order valence-corrected chi connectivity index (χ0v) is 8.85. The molecule has 3 nitrogen and oxygen atoms in total. The molecule has 11 heavy (non-hydrogen) atoms. The van der Waals surface area contributed by atoms with Gasteiger partial charge in [-0.15, -0.1) is 12.6 Å². The van der Waals surface area contributed by atoms with Gasteiger partial charge < -0.3 is 8.85 Å². The van der Waals surface area contributed by atoms with Crippen molar-refractivity contribution < 1.29 is 13.6 Å². The van der Waals surface area contributed by atoms with Crippen molar-refractivity contribution in [3.05, 3.63) is 0 Å². The molecule has 0 spiro atoms. The van der Waals surface area contributed by atoms with Crippen LogP contribution < -0.4 is 0 Å². The van der Waals surface area contributed by atoms with Crippen LogP contribution in [0, 0.1) is 5.92 Å². The second-order valence-electron chi connectivity index (χ2n) is 2.22. The number of carbonyl (C=O) groups is 1. The predicted octanol–water partition coefficient (Wildman–Crippen LogP) is 0.860. The summed E-state index contributed by atoms with van der Waals surface area (Å²) in [5.74, 6) is -0.0767. The lowest BCUT2D eigenvalue weighted by molar-refractivity contribution is -0.113. The van der Waals surface area contributed by atoms with Crippen molar-refractivity contribution in [1.29, 1.82) is 0 Å². The minimum absolute atomic E-state index is 0.0767. The van der Waals surface area contributed by atoms with E-state index in [2.05, 4.69) is 12.6 Å². The van der Waals surface area contributed by atoms with Crippen molar-refractivity contribution in [2.75, 3.05) is 14.2 Å². The molecule has 0 amide bonds.